The molecule has 0 bridgehead atoms. The molecule has 1 aliphatic heterocycles. The number of nitrogens with zero attached hydrogens (tertiary/aromatic N) is 4. The summed E-state index contributed by atoms with van der Waals surface area (Å²) in [7, 11) is 3.29. The first kappa shape index (κ1) is 28.6. The summed E-state index contributed by atoms with van der Waals surface area (Å²) in [5.41, 5.74) is 2.70. The number of amides is 1. The van der Waals surface area contributed by atoms with Gasteiger partial charge in [0.15, 0.2) is 0 Å². The van der Waals surface area contributed by atoms with Crippen LogP contribution < -0.4 is 23.2 Å². The van der Waals surface area contributed by atoms with Crippen molar-refractivity contribution in [2.75, 3.05) is 63.2 Å². The number of halogens is 1. The van der Waals surface area contributed by atoms with Crippen molar-refractivity contribution in [1.29, 1.82) is 0 Å². The SMILES string of the molecule is C=CC(=O)Nc1cccc(Oc2nc(Nc3ccc(N(CC)I4CCN(CCOC)C4)cc3)ncc2OC)c1. The molecule has 0 aliphatic carbocycles. The molecule has 39 heavy (non-hydrogen) atoms. The predicted molar refractivity (Wildman–Crippen MR) is 164 cm³/mol. The van der Waals surface area contributed by atoms with Crippen LogP contribution in [0.25, 0.3) is 0 Å². The number of alkyl halides is 2. The van der Waals surface area contributed by atoms with E-state index in [1.165, 1.54) is 27.9 Å². The number of aromatic nitrogens is 2. The first-order valence-corrected chi connectivity index (χ1v) is 16.6. The first-order chi connectivity index (χ1) is 19.0. The Balaban J connectivity index is 1.43. The fourth-order valence-corrected chi connectivity index (χ4v) is 10.4. The molecule has 208 valence electrons. The molecule has 1 fully saturated rings. The number of hydrogen-bond donors (Lipinski definition) is 2. The number of carbonyl (C=O) groups excluding carboxylic acids is 1. The fraction of sp³-hybridized carbons (Fsp3) is 0.321. The van der Waals surface area contributed by atoms with Gasteiger partial charge in [-0.15, -0.1) is 0 Å². The molecule has 0 unspecified atom stereocenters. The third kappa shape index (κ3) is 7.80. The summed E-state index contributed by atoms with van der Waals surface area (Å²) in [5.74, 6) is 1.20. The number of benzene rings is 2. The molecule has 0 radical (unpaired) electrons. The molecule has 1 saturated heterocycles. The minimum absolute atomic E-state index is 0.252. The number of anilines is 4. The average Bonchev–Trinajstić information content (AvgIpc) is 3.42. The standard InChI is InChI=1S/C28H35IN6O4/c1-5-26(36)31-22-8-7-9-24(18-22)39-27-25(38-4)19-30-28(33-27)32-21-10-12-23(13-11-21)35(6-2)29-14-15-34(20-29)16-17-37-3/h5,7-13,18-19H,1,6,14-17,20H2,2-4H3,(H,31,36)(H,30,32,33). The monoisotopic (exact) mass is 646 g/mol. The van der Waals surface area contributed by atoms with Gasteiger partial charge in [0.05, 0.1) is 0 Å². The number of nitrogens with one attached hydrogen (secondary N) is 2. The van der Waals surface area contributed by atoms with E-state index in [2.05, 4.69) is 54.3 Å². The molecule has 4 rings (SSSR count). The summed E-state index contributed by atoms with van der Waals surface area (Å²) in [6, 6.07) is 15.4. The summed E-state index contributed by atoms with van der Waals surface area (Å²) in [6.45, 7) is 9.68. The number of rotatable bonds is 13. The Morgan fingerprint density at radius 1 is 1.21 bits per heavy atom. The Bertz CT molecular complexity index is 1260. The molecule has 11 heteroatoms. The summed E-state index contributed by atoms with van der Waals surface area (Å²) >= 11 is -1.27. The van der Waals surface area contributed by atoms with Gasteiger partial charge in [-0.05, 0) is 12.1 Å². The Hall–Kier alpha value is -3.42. The van der Waals surface area contributed by atoms with Gasteiger partial charge in [-0.3, -0.25) is 4.79 Å². The molecule has 0 spiro atoms. The van der Waals surface area contributed by atoms with E-state index in [-0.39, 0.29) is 11.8 Å². The number of carbonyl (C=O) groups is 1. The fourth-order valence-electron chi connectivity index (χ4n) is 3.99. The number of hydrogen-bond acceptors (Lipinski definition) is 9. The van der Waals surface area contributed by atoms with Gasteiger partial charge in [0.25, 0.3) is 0 Å². The number of ether oxygens (including phenoxy) is 3. The molecule has 2 heterocycles. The van der Waals surface area contributed by atoms with E-state index >= 15 is 0 Å². The molecule has 2 N–H and O–H groups in total. The maximum absolute atomic E-state index is 11.6. The summed E-state index contributed by atoms with van der Waals surface area (Å²) in [4.78, 5) is 23.1. The molecule has 1 amide bonds. The van der Waals surface area contributed by atoms with Crippen molar-refractivity contribution in [1.82, 2.24) is 14.9 Å². The second-order valence-electron chi connectivity index (χ2n) is 8.59. The molecule has 0 saturated carbocycles. The topological polar surface area (TPSA) is 101 Å². The summed E-state index contributed by atoms with van der Waals surface area (Å²) in [5, 5.41) is 5.97. The zero-order valence-electron chi connectivity index (χ0n) is 22.5. The van der Waals surface area contributed by atoms with Gasteiger partial charge >= 0.3 is 191 Å². The molecule has 3 aromatic rings. The van der Waals surface area contributed by atoms with Gasteiger partial charge in [-0.25, -0.2) is 0 Å². The van der Waals surface area contributed by atoms with E-state index in [0.717, 1.165) is 31.9 Å². The van der Waals surface area contributed by atoms with Gasteiger partial charge in [-0.2, -0.15) is 0 Å². The van der Waals surface area contributed by atoms with Crippen LogP contribution in [0.15, 0.2) is 67.4 Å². The zero-order valence-corrected chi connectivity index (χ0v) is 24.7. The van der Waals surface area contributed by atoms with E-state index < -0.39 is 20.1 Å². The van der Waals surface area contributed by atoms with Crippen molar-refractivity contribution < 1.29 is 19.0 Å². The second kappa shape index (κ2) is 14.1. The van der Waals surface area contributed by atoms with E-state index in [1.807, 2.05) is 12.1 Å². The first-order valence-electron chi connectivity index (χ1n) is 12.6. The second-order valence-corrected chi connectivity index (χ2v) is 14.0. The Kier molecular flexibility index (Phi) is 10.3. The Labute approximate surface area is 237 Å². The van der Waals surface area contributed by atoms with Crippen molar-refractivity contribution in [2.24, 2.45) is 0 Å². The summed E-state index contributed by atoms with van der Waals surface area (Å²) in [6.07, 6.45) is 2.77. The molecule has 2 aromatic carbocycles. The summed E-state index contributed by atoms with van der Waals surface area (Å²) < 4.78 is 21.7. The average molecular weight is 647 g/mol. The number of methoxy groups -OCH3 is 2. The van der Waals surface area contributed by atoms with Crippen molar-refractivity contribution in [2.45, 2.75) is 6.92 Å². The molecule has 1 aromatic heterocycles. The minimum atomic E-state index is -1.27. The van der Waals surface area contributed by atoms with Gasteiger partial charge in [0, 0.05) is 5.69 Å². The van der Waals surface area contributed by atoms with Crippen LogP contribution in [-0.4, -0.2) is 70.2 Å². The van der Waals surface area contributed by atoms with E-state index in [4.69, 9.17) is 14.2 Å². The molecule has 0 atom stereocenters. The molecule has 10 nitrogen and oxygen atoms in total. The third-order valence-corrected chi connectivity index (χ3v) is 12.3. The maximum atomic E-state index is 11.6. The van der Waals surface area contributed by atoms with Crippen LogP contribution in [-0.2, 0) is 9.53 Å². The van der Waals surface area contributed by atoms with Crippen LogP contribution >= 0.6 is 20.1 Å². The van der Waals surface area contributed by atoms with Crippen LogP contribution in [0.2, 0.25) is 0 Å². The molecular weight excluding hydrogens is 611 g/mol. The van der Waals surface area contributed by atoms with Crippen LogP contribution in [0.4, 0.5) is 23.0 Å². The van der Waals surface area contributed by atoms with Crippen molar-refractivity contribution in [3.63, 3.8) is 0 Å². The van der Waals surface area contributed by atoms with E-state index in [1.54, 1.807) is 37.6 Å². The van der Waals surface area contributed by atoms with Crippen LogP contribution in [0.1, 0.15) is 6.92 Å². The van der Waals surface area contributed by atoms with Crippen LogP contribution in [0.5, 0.6) is 17.4 Å². The van der Waals surface area contributed by atoms with E-state index in [0.29, 0.717) is 23.1 Å². The van der Waals surface area contributed by atoms with Gasteiger partial charge in [0.2, 0.25) is 5.91 Å². The van der Waals surface area contributed by atoms with Crippen LogP contribution in [0.3, 0.4) is 0 Å². The third-order valence-electron chi connectivity index (χ3n) is 5.95. The normalized spacial score (nSPS) is 14.1. The van der Waals surface area contributed by atoms with Gasteiger partial charge < -0.3 is 5.32 Å². The van der Waals surface area contributed by atoms with Crippen molar-refractivity contribution in [3.05, 3.63) is 67.4 Å². The predicted octanol–water partition coefficient (Wildman–Crippen LogP) is 5.31. The quantitative estimate of drug-likeness (QED) is 0.0842. The Morgan fingerprint density at radius 3 is 2.74 bits per heavy atom. The Morgan fingerprint density at radius 2 is 2.03 bits per heavy atom. The van der Waals surface area contributed by atoms with Gasteiger partial charge in [0.1, 0.15) is 0 Å². The van der Waals surface area contributed by atoms with Gasteiger partial charge in [-0.1, -0.05) is 12.6 Å². The van der Waals surface area contributed by atoms with Crippen LogP contribution in [0, 0.1) is 0 Å². The van der Waals surface area contributed by atoms with E-state index in [9.17, 15) is 4.79 Å². The molecular formula is C28H35IN6O4. The molecule has 1 aliphatic rings. The van der Waals surface area contributed by atoms with Crippen molar-refractivity contribution >= 4 is 49.0 Å². The van der Waals surface area contributed by atoms with Crippen molar-refractivity contribution in [3.8, 4) is 17.4 Å². The zero-order chi connectivity index (χ0) is 27.6.